The predicted molar refractivity (Wildman–Crippen MR) is 42.6 cm³/mol. The summed E-state index contributed by atoms with van der Waals surface area (Å²) in [6.07, 6.45) is 2.63. The molecule has 0 bridgehead atoms. The van der Waals surface area contributed by atoms with Gasteiger partial charge in [-0.05, 0) is 24.7 Å². The fourth-order valence-electron chi connectivity index (χ4n) is 1.14. The van der Waals surface area contributed by atoms with Crippen molar-refractivity contribution in [2.75, 3.05) is 6.54 Å². The highest BCUT2D eigenvalue weighted by Crippen LogP contribution is 2.35. The molecule has 0 aromatic heterocycles. The minimum atomic E-state index is -0.294. The summed E-state index contributed by atoms with van der Waals surface area (Å²) in [4.78, 5) is 10.6. The summed E-state index contributed by atoms with van der Waals surface area (Å²) in [5, 5.41) is 2.68. The van der Waals surface area contributed by atoms with Crippen LogP contribution in [0.1, 0.15) is 19.8 Å². The van der Waals surface area contributed by atoms with Crippen molar-refractivity contribution < 1.29 is 4.79 Å². The van der Waals surface area contributed by atoms with Crippen LogP contribution in [-0.4, -0.2) is 12.6 Å². The summed E-state index contributed by atoms with van der Waals surface area (Å²) >= 11 is 0. The second-order valence-corrected chi connectivity index (χ2v) is 3.17. The number of carbonyl (C=O) groups excluding carboxylic acids is 1. The number of nitrogens with one attached hydrogen (secondary N) is 2. The second kappa shape index (κ2) is 3.57. The summed E-state index contributed by atoms with van der Waals surface area (Å²) in [6.45, 7) is 2.88. The number of hydrogen-bond donors (Lipinski definition) is 3. The average molecular weight is 157 g/mol. The quantitative estimate of drug-likeness (QED) is 0.311. The maximum atomic E-state index is 10.6. The van der Waals surface area contributed by atoms with Crippen molar-refractivity contribution in [2.24, 2.45) is 17.7 Å². The van der Waals surface area contributed by atoms with E-state index < -0.39 is 0 Å². The minimum absolute atomic E-state index is 0.294. The van der Waals surface area contributed by atoms with Gasteiger partial charge in [-0.15, -0.1) is 0 Å². The lowest BCUT2D eigenvalue weighted by atomic mass is 10.1. The number of hydrazine groups is 1. The first-order chi connectivity index (χ1) is 5.24. The molecule has 1 saturated carbocycles. The number of carbonyl (C=O) groups is 1. The fourth-order valence-corrected chi connectivity index (χ4v) is 1.14. The zero-order valence-electron chi connectivity index (χ0n) is 6.76. The molecule has 0 saturated heterocycles. The average Bonchev–Trinajstić information content (AvgIpc) is 2.81. The van der Waals surface area contributed by atoms with E-state index in [1.54, 1.807) is 0 Å². The van der Waals surface area contributed by atoms with E-state index in [4.69, 9.17) is 5.84 Å². The van der Waals surface area contributed by atoms with Crippen molar-refractivity contribution in [3.8, 4) is 0 Å². The van der Waals surface area contributed by atoms with Crippen LogP contribution in [0.2, 0.25) is 0 Å². The van der Waals surface area contributed by atoms with Crippen LogP contribution in [-0.2, 0) is 0 Å². The first-order valence-electron chi connectivity index (χ1n) is 3.98. The van der Waals surface area contributed by atoms with Crippen molar-refractivity contribution in [3.63, 3.8) is 0 Å². The van der Waals surface area contributed by atoms with Gasteiger partial charge in [0.1, 0.15) is 0 Å². The Hall–Kier alpha value is -0.770. The monoisotopic (exact) mass is 157 g/mol. The highest BCUT2D eigenvalue weighted by Gasteiger charge is 2.27. The molecule has 1 rings (SSSR count). The Morgan fingerprint density at radius 1 is 1.73 bits per heavy atom. The largest absolute Gasteiger partial charge is 0.337 e. The number of rotatable bonds is 3. The fraction of sp³-hybridized carbons (Fsp3) is 0.857. The van der Waals surface area contributed by atoms with Crippen LogP contribution in [0.5, 0.6) is 0 Å². The van der Waals surface area contributed by atoms with E-state index in [0.29, 0.717) is 5.92 Å². The van der Waals surface area contributed by atoms with Crippen LogP contribution in [0.25, 0.3) is 0 Å². The van der Waals surface area contributed by atoms with Gasteiger partial charge in [0.15, 0.2) is 0 Å². The molecule has 0 aliphatic heterocycles. The Balaban J connectivity index is 2.05. The lowest BCUT2D eigenvalue weighted by Crippen LogP contribution is -2.41. The zero-order chi connectivity index (χ0) is 8.27. The van der Waals surface area contributed by atoms with Crippen LogP contribution >= 0.6 is 0 Å². The van der Waals surface area contributed by atoms with Crippen molar-refractivity contribution in [2.45, 2.75) is 19.8 Å². The van der Waals surface area contributed by atoms with Crippen LogP contribution in [0.3, 0.4) is 0 Å². The molecule has 4 N–H and O–H groups in total. The van der Waals surface area contributed by atoms with Crippen molar-refractivity contribution in [1.82, 2.24) is 10.7 Å². The van der Waals surface area contributed by atoms with Gasteiger partial charge in [0.25, 0.3) is 0 Å². The molecular formula is C7H15N3O. The molecule has 2 amide bonds. The summed E-state index contributed by atoms with van der Waals surface area (Å²) in [7, 11) is 0. The Morgan fingerprint density at radius 2 is 2.36 bits per heavy atom. The number of hydrogen-bond acceptors (Lipinski definition) is 2. The van der Waals surface area contributed by atoms with Gasteiger partial charge in [-0.25, -0.2) is 10.6 Å². The molecule has 64 valence electrons. The van der Waals surface area contributed by atoms with Gasteiger partial charge in [0.2, 0.25) is 0 Å². The molecule has 1 unspecified atom stereocenters. The second-order valence-electron chi connectivity index (χ2n) is 3.17. The number of nitrogens with two attached hydrogens (primary N) is 1. The van der Waals surface area contributed by atoms with Crippen molar-refractivity contribution in [1.29, 1.82) is 0 Å². The van der Waals surface area contributed by atoms with Gasteiger partial charge >= 0.3 is 6.03 Å². The van der Waals surface area contributed by atoms with E-state index in [0.717, 1.165) is 12.5 Å². The van der Waals surface area contributed by atoms with E-state index in [9.17, 15) is 4.79 Å². The molecular weight excluding hydrogens is 142 g/mol. The molecule has 0 aromatic carbocycles. The molecule has 4 heteroatoms. The van der Waals surface area contributed by atoms with E-state index in [1.165, 1.54) is 12.8 Å². The third kappa shape index (κ3) is 2.76. The SMILES string of the molecule is CC(CNC(=O)NN)C1CC1. The highest BCUT2D eigenvalue weighted by molar-refractivity contribution is 5.72. The Morgan fingerprint density at radius 3 is 2.82 bits per heavy atom. The molecule has 1 fully saturated rings. The van der Waals surface area contributed by atoms with Gasteiger partial charge in [0.05, 0.1) is 0 Å². The molecule has 0 heterocycles. The summed E-state index contributed by atoms with van der Waals surface area (Å²) in [5.74, 6) is 6.30. The normalized spacial score (nSPS) is 19.1. The summed E-state index contributed by atoms with van der Waals surface area (Å²) in [6, 6.07) is -0.294. The minimum Gasteiger partial charge on any atom is -0.337 e. The Labute approximate surface area is 66.5 Å². The maximum Gasteiger partial charge on any atom is 0.328 e. The predicted octanol–water partition coefficient (Wildman–Crippen LogP) is 0.205. The molecule has 1 aliphatic carbocycles. The molecule has 0 radical (unpaired) electrons. The smallest absolute Gasteiger partial charge is 0.328 e. The standard InChI is InChI=1S/C7H15N3O/c1-5(6-2-3-6)4-9-7(11)10-8/h5-6H,2-4,8H2,1H3,(H2,9,10,11). The van der Waals surface area contributed by atoms with E-state index in [1.807, 2.05) is 5.43 Å². The maximum absolute atomic E-state index is 10.6. The molecule has 4 nitrogen and oxygen atoms in total. The molecule has 0 spiro atoms. The van der Waals surface area contributed by atoms with Gasteiger partial charge in [-0.1, -0.05) is 6.92 Å². The number of amides is 2. The Bertz CT molecular complexity index is 145. The first-order valence-corrected chi connectivity index (χ1v) is 3.98. The number of urea groups is 1. The van der Waals surface area contributed by atoms with Crippen molar-refractivity contribution in [3.05, 3.63) is 0 Å². The highest BCUT2D eigenvalue weighted by atomic mass is 16.2. The van der Waals surface area contributed by atoms with E-state index in [-0.39, 0.29) is 6.03 Å². The zero-order valence-corrected chi connectivity index (χ0v) is 6.76. The molecule has 1 aliphatic rings. The molecule has 1 atom stereocenters. The van der Waals surface area contributed by atoms with Crippen molar-refractivity contribution >= 4 is 6.03 Å². The van der Waals surface area contributed by atoms with Crippen LogP contribution in [0.4, 0.5) is 4.79 Å². The third-order valence-corrected chi connectivity index (χ3v) is 2.14. The van der Waals surface area contributed by atoms with Gasteiger partial charge < -0.3 is 5.32 Å². The third-order valence-electron chi connectivity index (χ3n) is 2.14. The topological polar surface area (TPSA) is 67.2 Å². The first kappa shape index (κ1) is 8.33. The van der Waals surface area contributed by atoms with E-state index >= 15 is 0 Å². The van der Waals surface area contributed by atoms with Crippen LogP contribution < -0.4 is 16.6 Å². The summed E-state index contributed by atoms with van der Waals surface area (Å²) in [5.41, 5.74) is 2.03. The lowest BCUT2D eigenvalue weighted by Gasteiger charge is -2.10. The molecule has 11 heavy (non-hydrogen) atoms. The lowest BCUT2D eigenvalue weighted by molar-refractivity contribution is 0.239. The molecule has 0 aromatic rings. The van der Waals surface area contributed by atoms with Gasteiger partial charge in [-0.2, -0.15) is 0 Å². The van der Waals surface area contributed by atoms with Crippen LogP contribution in [0.15, 0.2) is 0 Å². The summed E-state index contributed by atoms with van der Waals surface area (Å²) < 4.78 is 0. The van der Waals surface area contributed by atoms with Crippen LogP contribution in [0, 0.1) is 11.8 Å². The van der Waals surface area contributed by atoms with Gasteiger partial charge in [-0.3, -0.25) is 5.43 Å². The van der Waals surface area contributed by atoms with Gasteiger partial charge in [0, 0.05) is 6.54 Å². The van der Waals surface area contributed by atoms with E-state index in [2.05, 4.69) is 12.2 Å². The Kier molecular flexibility index (Phi) is 2.70.